The number of aromatic nitrogens is 2. The predicted octanol–water partition coefficient (Wildman–Crippen LogP) is 0.885. The Morgan fingerprint density at radius 3 is 2.29 bits per heavy atom. The minimum atomic E-state index is -0.600. The summed E-state index contributed by atoms with van der Waals surface area (Å²) in [5.74, 6) is 0.601. The molecule has 0 N–H and O–H groups in total. The number of rotatable bonds is 1. The fourth-order valence-electron chi connectivity index (χ4n) is 1.49. The van der Waals surface area contributed by atoms with E-state index in [4.69, 9.17) is 10.00 Å². The van der Waals surface area contributed by atoms with E-state index in [0.717, 1.165) is 11.4 Å². The molecule has 1 fully saturated rings. The molecule has 2 heterocycles. The summed E-state index contributed by atoms with van der Waals surface area (Å²) in [5.41, 5.74) is 1.19. The first-order valence-electron chi connectivity index (χ1n) is 4.48. The number of nitriles is 1. The van der Waals surface area contributed by atoms with Crippen molar-refractivity contribution in [3.63, 3.8) is 0 Å². The molecule has 0 aliphatic carbocycles. The Balaban J connectivity index is 2.46. The average molecular weight is 189 g/mol. The van der Waals surface area contributed by atoms with E-state index in [1.807, 2.05) is 19.9 Å². The lowest BCUT2D eigenvalue weighted by Gasteiger charge is -2.33. The zero-order valence-corrected chi connectivity index (χ0v) is 8.24. The standard InChI is InChI=1S/C10H11N3O/c1-7-3-8(2)13-9(12-7)10(4-11)5-14-6-10/h3H,5-6H2,1-2H3. The second kappa shape index (κ2) is 3.03. The van der Waals surface area contributed by atoms with E-state index >= 15 is 0 Å². The summed E-state index contributed by atoms with van der Waals surface area (Å²) in [4.78, 5) is 8.57. The Hall–Kier alpha value is -1.47. The van der Waals surface area contributed by atoms with Gasteiger partial charge >= 0.3 is 0 Å². The van der Waals surface area contributed by atoms with Gasteiger partial charge in [0.25, 0.3) is 0 Å². The van der Waals surface area contributed by atoms with E-state index in [9.17, 15) is 0 Å². The SMILES string of the molecule is Cc1cc(C)nc(C2(C#N)COC2)n1. The summed E-state index contributed by atoms with van der Waals surface area (Å²) < 4.78 is 5.06. The number of hydrogen-bond acceptors (Lipinski definition) is 4. The molecule has 1 aliphatic rings. The van der Waals surface area contributed by atoms with Crippen molar-refractivity contribution in [1.82, 2.24) is 9.97 Å². The van der Waals surface area contributed by atoms with Crippen LogP contribution in [0, 0.1) is 25.2 Å². The molecule has 0 spiro atoms. The molecular formula is C10H11N3O. The average Bonchev–Trinajstić information content (AvgIpc) is 2.01. The summed E-state index contributed by atoms with van der Waals surface area (Å²) in [5, 5.41) is 9.06. The summed E-state index contributed by atoms with van der Waals surface area (Å²) in [6, 6.07) is 4.13. The highest BCUT2D eigenvalue weighted by Crippen LogP contribution is 2.29. The third kappa shape index (κ3) is 1.26. The largest absolute Gasteiger partial charge is 0.377 e. The van der Waals surface area contributed by atoms with Crippen LogP contribution in [0.5, 0.6) is 0 Å². The smallest absolute Gasteiger partial charge is 0.163 e. The van der Waals surface area contributed by atoms with Crippen LogP contribution < -0.4 is 0 Å². The molecule has 0 atom stereocenters. The van der Waals surface area contributed by atoms with Gasteiger partial charge in [0, 0.05) is 11.4 Å². The van der Waals surface area contributed by atoms with E-state index in [2.05, 4.69) is 16.0 Å². The van der Waals surface area contributed by atoms with Gasteiger partial charge in [-0.15, -0.1) is 0 Å². The zero-order chi connectivity index (χ0) is 10.2. The molecular weight excluding hydrogens is 178 g/mol. The normalized spacial score (nSPS) is 18.4. The summed E-state index contributed by atoms with van der Waals surface area (Å²) in [6.07, 6.45) is 0. The molecule has 1 aromatic rings. The summed E-state index contributed by atoms with van der Waals surface area (Å²) in [6.45, 7) is 4.63. The van der Waals surface area contributed by atoms with Crippen molar-refractivity contribution in [3.05, 3.63) is 23.3 Å². The van der Waals surface area contributed by atoms with E-state index in [1.165, 1.54) is 0 Å². The zero-order valence-electron chi connectivity index (χ0n) is 8.24. The second-order valence-corrected chi connectivity index (χ2v) is 3.66. The van der Waals surface area contributed by atoms with Crippen LogP contribution in [0.3, 0.4) is 0 Å². The van der Waals surface area contributed by atoms with Gasteiger partial charge < -0.3 is 4.74 Å². The maximum absolute atomic E-state index is 9.06. The number of hydrogen-bond donors (Lipinski definition) is 0. The molecule has 0 aromatic carbocycles. The third-order valence-corrected chi connectivity index (χ3v) is 2.32. The number of nitrogens with zero attached hydrogens (tertiary/aromatic N) is 3. The highest BCUT2D eigenvalue weighted by molar-refractivity contribution is 5.26. The van der Waals surface area contributed by atoms with Crippen molar-refractivity contribution in [2.45, 2.75) is 19.3 Å². The molecule has 0 unspecified atom stereocenters. The van der Waals surface area contributed by atoms with Crippen molar-refractivity contribution in [2.24, 2.45) is 0 Å². The molecule has 2 rings (SSSR count). The predicted molar refractivity (Wildman–Crippen MR) is 49.6 cm³/mol. The lowest BCUT2D eigenvalue weighted by atomic mass is 9.87. The summed E-state index contributed by atoms with van der Waals surface area (Å²) in [7, 11) is 0. The van der Waals surface area contributed by atoms with Crippen LogP contribution in [0.1, 0.15) is 17.2 Å². The van der Waals surface area contributed by atoms with Crippen molar-refractivity contribution in [3.8, 4) is 6.07 Å². The van der Waals surface area contributed by atoms with E-state index in [-0.39, 0.29) is 0 Å². The van der Waals surface area contributed by atoms with Crippen LogP contribution in [0.15, 0.2) is 6.07 Å². The van der Waals surface area contributed by atoms with Gasteiger partial charge in [-0.3, -0.25) is 0 Å². The van der Waals surface area contributed by atoms with Crippen molar-refractivity contribution in [2.75, 3.05) is 13.2 Å². The third-order valence-electron chi connectivity index (χ3n) is 2.32. The van der Waals surface area contributed by atoms with Crippen LogP contribution >= 0.6 is 0 Å². The van der Waals surface area contributed by atoms with Crippen LogP contribution in [-0.2, 0) is 10.2 Å². The van der Waals surface area contributed by atoms with Gasteiger partial charge in [0.2, 0.25) is 0 Å². The first-order chi connectivity index (χ1) is 6.66. The topological polar surface area (TPSA) is 58.8 Å². The van der Waals surface area contributed by atoms with Gasteiger partial charge in [-0.05, 0) is 19.9 Å². The van der Waals surface area contributed by atoms with E-state index in [1.54, 1.807) is 0 Å². The van der Waals surface area contributed by atoms with Crippen LogP contribution in [0.4, 0.5) is 0 Å². The first-order valence-corrected chi connectivity index (χ1v) is 4.48. The minimum absolute atomic E-state index is 0.409. The van der Waals surface area contributed by atoms with E-state index < -0.39 is 5.41 Å². The quantitative estimate of drug-likeness (QED) is 0.658. The maximum atomic E-state index is 9.06. The van der Waals surface area contributed by atoms with Gasteiger partial charge in [-0.1, -0.05) is 0 Å². The highest BCUT2D eigenvalue weighted by Gasteiger charge is 2.43. The Labute approximate surface area is 82.6 Å². The van der Waals surface area contributed by atoms with Gasteiger partial charge in [-0.2, -0.15) is 5.26 Å². The lowest BCUT2D eigenvalue weighted by molar-refractivity contribution is -0.0340. The fraction of sp³-hybridized carbons (Fsp3) is 0.500. The molecule has 1 aromatic heterocycles. The van der Waals surface area contributed by atoms with Crippen LogP contribution in [0.2, 0.25) is 0 Å². The molecule has 0 bridgehead atoms. The molecule has 1 saturated heterocycles. The molecule has 72 valence electrons. The Bertz CT molecular complexity index is 384. The highest BCUT2D eigenvalue weighted by atomic mass is 16.5. The van der Waals surface area contributed by atoms with Gasteiger partial charge in [0.15, 0.2) is 11.2 Å². The van der Waals surface area contributed by atoms with Gasteiger partial charge in [0.05, 0.1) is 19.3 Å². The number of aryl methyl sites for hydroxylation is 2. The van der Waals surface area contributed by atoms with Crippen molar-refractivity contribution in [1.29, 1.82) is 5.26 Å². The van der Waals surface area contributed by atoms with Gasteiger partial charge in [0.1, 0.15) is 0 Å². The van der Waals surface area contributed by atoms with E-state index in [0.29, 0.717) is 19.0 Å². The molecule has 14 heavy (non-hydrogen) atoms. The fourth-order valence-corrected chi connectivity index (χ4v) is 1.49. The van der Waals surface area contributed by atoms with Crippen LogP contribution in [0.25, 0.3) is 0 Å². The maximum Gasteiger partial charge on any atom is 0.163 e. The minimum Gasteiger partial charge on any atom is -0.377 e. The Morgan fingerprint density at radius 1 is 1.36 bits per heavy atom. The summed E-state index contributed by atoms with van der Waals surface area (Å²) >= 11 is 0. The van der Waals surface area contributed by atoms with Gasteiger partial charge in [-0.25, -0.2) is 9.97 Å². The van der Waals surface area contributed by atoms with Crippen LogP contribution in [-0.4, -0.2) is 23.2 Å². The molecule has 0 saturated carbocycles. The Kier molecular flexibility index (Phi) is 1.97. The number of ether oxygens (including phenoxy) is 1. The molecule has 0 amide bonds. The van der Waals surface area contributed by atoms with Crippen molar-refractivity contribution < 1.29 is 4.74 Å². The first kappa shape index (κ1) is 9.10. The van der Waals surface area contributed by atoms with Crippen molar-refractivity contribution >= 4 is 0 Å². The molecule has 1 aliphatic heterocycles. The monoisotopic (exact) mass is 189 g/mol. The molecule has 4 heteroatoms. The second-order valence-electron chi connectivity index (χ2n) is 3.66. The molecule has 4 nitrogen and oxygen atoms in total. The molecule has 0 radical (unpaired) electrons. The lowest BCUT2D eigenvalue weighted by Crippen LogP contribution is -2.47. The Morgan fingerprint density at radius 2 is 1.93 bits per heavy atom.